The fourth-order valence-corrected chi connectivity index (χ4v) is 6.10. The molecule has 0 unspecified atom stereocenters. The summed E-state index contributed by atoms with van der Waals surface area (Å²) in [5, 5.41) is 5.02. The van der Waals surface area contributed by atoms with Gasteiger partial charge in [0.15, 0.2) is 0 Å². The number of hydrogen-bond donors (Lipinski definition) is 0. The van der Waals surface area contributed by atoms with E-state index < -0.39 is 0 Å². The molecule has 0 N–H and O–H groups in total. The minimum absolute atomic E-state index is 0.0123. The lowest BCUT2D eigenvalue weighted by Gasteiger charge is -2.29. The summed E-state index contributed by atoms with van der Waals surface area (Å²) in [4.78, 5) is 33.9. The van der Waals surface area contributed by atoms with Crippen LogP contribution < -0.4 is 9.64 Å². The second kappa shape index (κ2) is 6.32. The van der Waals surface area contributed by atoms with Crippen LogP contribution in [0.5, 0.6) is 5.75 Å². The first-order valence-electron chi connectivity index (χ1n) is 10.1. The zero-order chi connectivity index (χ0) is 20.6. The number of methoxy groups -OCH3 is 1. The Morgan fingerprint density at radius 3 is 2.30 bits per heavy atom. The normalized spacial score (nSPS) is 33.4. The van der Waals surface area contributed by atoms with E-state index in [0.717, 1.165) is 17.7 Å². The third kappa shape index (κ3) is 2.28. The molecule has 0 radical (unpaired) electrons. The lowest BCUT2D eigenvalue weighted by Crippen LogP contribution is -2.41. The van der Waals surface area contributed by atoms with Crippen LogP contribution in [0.3, 0.4) is 0 Å². The molecule has 7 heteroatoms. The monoisotopic (exact) mass is 422 g/mol. The quantitative estimate of drug-likeness (QED) is 0.710. The first-order valence-corrected chi connectivity index (χ1v) is 10.5. The Balaban J connectivity index is 1.33. The fraction of sp³-hybridized carbons (Fsp3) is 0.348. The van der Waals surface area contributed by atoms with Gasteiger partial charge in [-0.3, -0.25) is 14.5 Å². The molecule has 2 aromatic carbocycles. The van der Waals surface area contributed by atoms with Crippen LogP contribution in [0, 0.1) is 29.6 Å². The first kappa shape index (κ1) is 18.0. The molecule has 6 nitrogen and oxygen atoms in total. The van der Waals surface area contributed by atoms with Gasteiger partial charge in [0.05, 0.1) is 30.3 Å². The van der Waals surface area contributed by atoms with Gasteiger partial charge in [-0.05, 0) is 54.3 Å². The Labute approximate surface area is 178 Å². The standard InChI is InChI=1S/C23H19ClN2O4/c1-29-14-8-6-13(7-9-14)26-22(27)17-15-10-16(18(17)23(26)28)21-19(15)20(25-30-21)11-2-4-12(24)5-3-11/h2-9,15-19,21H,10H2,1H3/t15-,16-,17+,18-,19-,21+/m0/s1. The predicted molar refractivity (Wildman–Crippen MR) is 110 cm³/mol. The lowest BCUT2D eigenvalue weighted by molar-refractivity contribution is -0.125. The van der Waals surface area contributed by atoms with Gasteiger partial charge in [0.2, 0.25) is 11.8 Å². The van der Waals surface area contributed by atoms with E-state index in [9.17, 15) is 9.59 Å². The molecule has 2 bridgehead atoms. The third-order valence-corrected chi connectivity index (χ3v) is 7.41. The van der Waals surface area contributed by atoms with Gasteiger partial charge in [-0.15, -0.1) is 0 Å². The minimum atomic E-state index is -0.328. The molecule has 6 rings (SSSR count). The highest BCUT2D eigenvalue weighted by Gasteiger charge is 2.70. The number of imide groups is 1. The van der Waals surface area contributed by atoms with Crippen molar-refractivity contribution in [2.24, 2.45) is 34.7 Å². The van der Waals surface area contributed by atoms with Crippen molar-refractivity contribution in [2.45, 2.75) is 12.5 Å². The summed E-state index contributed by atoms with van der Waals surface area (Å²) in [6.07, 6.45) is 0.681. The first-order chi connectivity index (χ1) is 14.6. The average molecular weight is 423 g/mol. The second-order valence-corrected chi connectivity index (χ2v) is 8.84. The Bertz CT molecular complexity index is 1080. The number of carbonyl (C=O) groups is 2. The molecule has 2 heterocycles. The number of benzene rings is 2. The maximum atomic E-state index is 13.4. The molecule has 152 valence electrons. The van der Waals surface area contributed by atoms with E-state index in [1.54, 1.807) is 31.4 Å². The molecule has 2 aliphatic carbocycles. The number of rotatable bonds is 3. The molecule has 0 aromatic heterocycles. The van der Waals surface area contributed by atoms with Gasteiger partial charge in [-0.1, -0.05) is 28.9 Å². The highest BCUT2D eigenvalue weighted by Crippen LogP contribution is 2.62. The van der Waals surface area contributed by atoms with Gasteiger partial charge < -0.3 is 9.57 Å². The zero-order valence-electron chi connectivity index (χ0n) is 16.2. The molecular formula is C23H19ClN2O4. The maximum Gasteiger partial charge on any atom is 0.238 e. The van der Waals surface area contributed by atoms with E-state index in [2.05, 4.69) is 5.16 Å². The predicted octanol–water partition coefficient (Wildman–Crippen LogP) is 3.52. The van der Waals surface area contributed by atoms with E-state index in [1.165, 1.54) is 4.90 Å². The number of halogens is 1. The molecule has 6 atom stereocenters. The number of ether oxygens (including phenoxy) is 1. The molecule has 2 amide bonds. The molecule has 30 heavy (non-hydrogen) atoms. The third-order valence-electron chi connectivity index (χ3n) is 7.16. The molecule has 3 fully saturated rings. The largest absolute Gasteiger partial charge is 0.497 e. The smallest absolute Gasteiger partial charge is 0.238 e. The number of amides is 2. The van der Waals surface area contributed by atoms with Gasteiger partial charge in [0.1, 0.15) is 11.9 Å². The number of carbonyl (C=O) groups excluding carboxylic acids is 2. The van der Waals surface area contributed by atoms with Crippen molar-refractivity contribution in [1.29, 1.82) is 0 Å². The number of hydrogen-bond acceptors (Lipinski definition) is 5. The van der Waals surface area contributed by atoms with Gasteiger partial charge in [0, 0.05) is 16.9 Å². The van der Waals surface area contributed by atoms with Crippen LogP contribution in [0.4, 0.5) is 5.69 Å². The summed E-state index contributed by atoms with van der Waals surface area (Å²) in [6.45, 7) is 0. The second-order valence-electron chi connectivity index (χ2n) is 8.40. The van der Waals surface area contributed by atoms with Crippen molar-refractivity contribution in [3.05, 3.63) is 59.1 Å². The summed E-state index contributed by atoms with van der Waals surface area (Å²) in [7, 11) is 1.59. The van der Waals surface area contributed by atoms with Crippen LogP contribution in [0.1, 0.15) is 12.0 Å². The van der Waals surface area contributed by atoms with E-state index in [1.807, 2.05) is 24.3 Å². The summed E-state index contributed by atoms with van der Waals surface area (Å²) in [6, 6.07) is 14.6. The van der Waals surface area contributed by atoms with Crippen molar-refractivity contribution in [2.75, 3.05) is 12.0 Å². The van der Waals surface area contributed by atoms with Crippen molar-refractivity contribution < 1.29 is 19.2 Å². The van der Waals surface area contributed by atoms with Gasteiger partial charge in [-0.2, -0.15) is 0 Å². The van der Waals surface area contributed by atoms with Crippen LogP contribution in [-0.2, 0) is 14.4 Å². The van der Waals surface area contributed by atoms with Crippen LogP contribution in [0.15, 0.2) is 53.7 Å². The van der Waals surface area contributed by atoms with Crippen molar-refractivity contribution >= 4 is 34.8 Å². The number of anilines is 1. The van der Waals surface area contributed by atoms with E-state index in [4.69, 9.17) is 21.2 Å². The van der Waals surface area contributed by atoms with Crippen LogP contribution in [0.2, 0.25) is 5.02 Å². The fourth-order valence-electron chi connectivity index (χ4n) is 5.97. The molecule has 1 saturated heterocycles. The summed E-state index contributed by atoms with van der Waals surface area (Å²) < 4.78 is 5.19. The van der Waals surface area contributed by atoms with E-state index >= 15 is 0 Å². The Hall–Kier alpha value is -2.86. The average Bonchev–Trinajstić information content (AvgIpc) is 3.49. The van der Waals surface area contributed by atoms with Crippen molar-refractivity contribution in [3.8, 4) is 5.75 Å². The van der Waals surface area contributed by atoms with E-state index in [-0.39, 0.29) is 47.5 Å². The van der Waals surface area contributed by atoms with Crippen molar-refractivity contribution in [3.63, 3.8) is 0 Å². The van der Waals surface area contributed by atoms with Crippen molar-refractivity contribution in [1.82, 2.24) is 0 Å². The van der Waals surface area contributed by atoms with Crippen LogP contribution >= 0.6 is 11.6 Å². The summed E-state index contributed by atoms with van der Waals surface area (Å²) in [5.41, 5.74) is 2.42. The lowest BCUT2D eigenvalue weighted by atomic mass is 9.71. The molecule has 2 aliphatic heterocycles. The minimum Gasteiger partial charge on any atom is -0.497 e. The Kier molecular flexibility index (Phi) is 3.78. The molecule has 4 aliphatic rings. The van der Waals surface area contributed by atoms with Gasteiger partial charge in [-0.25, -0.2) is 0 Å². The summed E-state index contributed by atoms with van der Waals surface area (Å²) in [5.74, 6) is -0.0847. The summed E-state index contributed by atoms with van der Waals surface area (Å²) >= 11 is 6.03. The molecule has 2 aromatic rings. The molecular weight excluding hydrogens is 404 g/mol. The molecule has 2 saturated carbocycles. The van der Waals surface area contributed by atoms with Crippen LogP contribution in [-0.4, -0.2) is 30.7 Å². The number of fused-ring (bicyclic) bond motifs is 8. The van der Waals surface area contributed by atoms with Gasteiger partial charge >= 0.3 is 0 Å². The Morgan fingerprint density at radius 2 is 1.63 bits per heavy atom. The highest BCUT2D eigenvalue weighted by atomic mass is 35.5. The van der Waals surface area contributed by atoms with E-state index in [0.29, 0.717) is 16.5 Å². The zero-order valence-corrected chi connectivity index (χ0v) is 17.0. The van der Waals surface area contributed by atoms with Gasteiger partial charge in [0.25, 0.3) is 0 Å². The Morgan fingerprint density at radius 1 is 0.967 bits per heavy atom. The van der Waals surface area contributed by atoms with Crippen LogP contribution in [0.25, 0.3) is 0 Å². The number of nitrogens with zero attached hydrogens (tertiary/aromatic N) is 2. The SMILES string of the molecule is COc1ccc(N2C(=O)[C@@H]3[C@@H]4C[C@H]([C@H]5ON=C(c6ccc(Cl)cc6)[C@H]45)[C@@H]3C2=O)cc1. The number of oxime groups is 1. The highest BCUT2D eigenvalue weighted by molar-refractivity contribution is 6.30. The maximum absolute atomic E-state index is 13.4. The topological polar surface area (TPSA) is 68.2 Å². The molecule has 0 spiro atoms.